The van der Waals surface area contributed by atoms with E-state index in [0.29, 0.717) is 0 Å². The number of hydrogen-bond acceptors (Lipinski definition) is 2. The number of nitrogens with zero attached hydrogens (tertiary/aromatic N) is 1. The van der Waals surface area contributed by atoms with Gasteiger partial charge in [0.2, 0.25) is 5.96 Å². The molecule has 16 heavy (non-hydrogen) atoms. The van der Waals surface area contributed by atoms with E-state index in [1.807, 2.05) is 5.43 Å². The number of nitrogens with two attached hydrogens (primary N) is 2. The third kappa shape index (κ3) is 3.13. The lowest BCUT2D eigenvalue weighted by Gasteiger charge is -2.11. The molecule has 0 aromatic heterocycles. The van der Waals surface area contributed by atoms with Gasteiger partial charge in [-0.25, -0.2) is 10.8 Å². The van der Waals surface area contributed by atoms with Crippen LogP contribution in [0.4, 0.5) is 13.2 Å². The summed E-state index contributed by atoms with van der Waals surface area (Å²) >= 11 is 0. The molecule has 1 aromatic carbocycles. The normalized spacial score (nSPS) is 12.6. The Morgan fingerprint density at radius 2 is 1.94 bits per heavy atom. The van der Waals surface area contributed by atoms with Gasteiger partial charge in [-0.3, -0.25) is 5.43 Å². The minimum absolute atomic E-state index is 0.0493. The lowest BCUT2D eigenvalue weighted by atomic mass is 10.1. The van der Waals surface area contributed by atoms with Gasteiger partial charge in [0.15, 0.2) is 0 Å². The second kappa shape index (κ2) is 4.84. The van der Waals surface area contributed by atoms with Gasteiger partial charge in [-0.1, -0.05) is 18.2 Å². The third-order valence-corrected chi connectivity index (χ3v) is 1.89. The minimum Gasteiger partial charge on any atom is -0.369 e. The number of hydrogen-bond donors (Lipinski definition) is 3. The fourth-order valence-electron chi connectivity index (χ4n) is 1.15. The minimum atomic E-state index is -4.39. The highest BCUT2D eigenvalue weighted by Crippen LogP contribution is 2.31. The molecule has 0 spiro atoms. The molecular weight excluding hydrogens is 221 g/mol. The highest BCUT2D eigenvalue weighted by Gasteiger charge is 2.32. The van der Waals surface area contributed by atoms with E-state index in [9.17, 15) is 13.2 Å². The summed E-state index contributed by atoms with van der Waals surface area (Å²) in [5.41, 5.74) is 6.58. The highest BCUT2D eigenvalue weighted by atomic mass is 19.4. The summed E-state index contributed by atoms with van der Waals surface area (Å²) in [5, 5.41) is 0. The van der Waals surface area contributed by atoms with Crippen LogP contribution in [0.15, 0.2) is 29.3 Å². The van der Waals surface area contributed by atoms with Gasteiger partial charge < -0.3 is 5.73 Å². The van der Waals surface area contributed by atoms with E-state index in [1.54, 1.807) is 0 Å². The molecule has 0 fully saturated rings. The van der Waals surface area contributed by atoms with Crippen LogP contribution < -0.4 is 17.0 Å². The van der Waals surface area contributed by atoms with Gasteiger partial charge in [-0.2, -0.15) is 13.2 Å². The summed E-state index contributed by atoms with van der Waals surface area (Å²) in [4.78, 5) is 3.65. The van der Waals surface area contributed by atoms with Crippen molar-refractivity contribution in [3.8, 4) is 0 Å². The van der Waals surface area contributed by atoms with E-state index < -0.39 is 11.7 Å². The zero-order valence-electron chi connectivity index (χ0n) is 8.25. The van der Waals surface area contributed by atoms with E-state index in [-0.39, 0.29) is 18.1 Å². The number of rotatable bonds is 2. The first-order valence-electron chi connectivity index (χ1n) is 4.37. The average molecular weight is 232 g/mol. The molecule has 4 nitrogen and oxygen atoms in total. The van der Waals surface area contributed by atoms with Crippen molar-refractivity contribution < 1.29 is 13.2 Å². The Hall–Kier alpha value is -1.76. The van der Waals surface area contributed by atoms with Crippen LogP contribution in [0, 0.1) is 0 Å². The molecule has 0 amide bonds. The molecule has 1 aromatic rings. The Morgan fingerprint density at radius 1 is 1.31 bits per heavy atom. The molecule has 0 aliphatic rings. The number of benzene rings is 1. The van der Waals surface area contributed by atoms with Crippen LogP contribution in [0.1, 0.15) is 11.1 Å². The number of guanidine groups is 1. The Bertz CT molecular complexity index is 387. The van der Waals surface area contributed by atoms with Crippen molar-refractivity contribution in [1.82, 2.24) is 5.43 Å². The van der Waals surface area contributed by atoms with Crippen LogP contribution in [0.25, 0.3) is 0 Å². The zero-order valence-corrected chi connectivity index (χ0v) is 8.25. The quantitative estimate of drug-likeness (QED) is 0.308. The molecule has 0 bridgehead atoms. The molecule has 0 saturated heterocycles. The van der Waals surface area contributed by atoms with Gasteiger partial charge in [-0.15, -0.1) is 0 Å². The van der Waals surface area contributed by atoms with E-state index >= 15 is 0 Å². The van der Waals surface area contributed by atoms with Crippen molar-refractivity contribution in [3.63, 3.8) is 0 Å². The average Bonchev–Trinajstić information content (AvgIpc) is 2.25. The standard InChI is InChI=1S/C9H11F3N4/c10-9(11,12)7-4-2-1-3-6(7)5-15-8(13)16-14/h1-4H,5,14H2,(H3,13,15,16). The first kappa shape index (κ1) is 12.3. The first-order valence-corrected chi connectivity index (χ1v) is 4.37. The Kier molecular flexibility index (Phi) is 3.73. The number of alkyl halides is 3. The molecule has 0 heterocycles. The molecule has 1 rings (SSSR count). The molecule has 0 aliphatic carbocycles. The van der Waals surface area contributed by atoms with Gasteiger partial charge in [-0.05, 0) is 11.6 Å². The summed E-state index contributed by atoms with van der Waals surface area (Å²) in [6.07, 6.45) is -4.39. The predicted molar refractivity (Wildman–Crippen MR) is 54.1 cm³/mol. The molecule has 0 aliphatic heterocycles. The van der Waals surface area contributed by atoms with E-state index in [1.165, 1.54) is 18.2 Å². The van der Waals surface area contributed by atoms with Crippen molar-refractivity contribution in [2.45, 2.75) is 12.7 Å². The maximum atomic E-state index is 12.5. The van der Waals surface area contributed by atoms with Gasteiger partial charge in [0, 0.05) is 0 Å². The van der Waals surface area contributed by atoms with E-state index in [0.717, 1.165) is 6.07 Å². The summed E-state index contributed by atoms with van der Waals surface area (Å²) in [5.74, 6) is 4.82. The van der Waals surface area contributed by atoms with Crippen LogP contribution in [0.3, 0.4) is 0 Å². The SMILES string of the molecule is NNC(N)=NCc1ccccc1C(F)(F)F. The van der Waals surface area contributed by atoms with Crippen molar-refractivity contribution in [3.05, 3.63) is 35.4 Å². The Morgan fingerprint density at radius 3 is 2.50 bits per heavy atom. The molecule has 5 N–H and O–H groups in total. The molecule has 0 saturated carbocycles. The second-order valence-corrected chi connectivity index (χ2v) is 3.00. The van der Waals surface area contributed by atoms with Gasteiger partial charge in [0.1, 0.15) is 0 Å². The van der Waals surface area contributed by atoms with Crippen LogP contribution >= 0.6 is 0 Å². The van der Waals surface area contributed by atoms with Gasteiger partial charge >= 0.3 is 6.18 Å². The summed E-state index contributed by atoms with van der Waals surface area (Å²) in [6.45, 7) is -0.175. The Labute approximate surface area is 90.1 Å². The van der Waals surface area contributed by atoms with Crippen molar-refractivity contribution in [2.24, 2.45) is 16.6 Å². The van der Waals surface area contributed by atoms with Crippen LogP contribution in [-0.2, 0) is 12.7 Å². The van der Waals surface area contributed by atoms with Crippen LogP contribution in [0.5, 0.6) is 0 Å². The Balaban J connectivity index is 2.97. The van der Waals surface area contributed by atoms with E-state index in [2.05, 4.69) is 4.99 Å². The summed E-state index contributed by atoms with van der Waals surface area (Å²) in [6, 6.07) is 5.17. The van der Waals surface area contributed by atoms with Gasteiger partial charge in [0.25, 0.3) is 0 Å². The summed E-state index contributed by atoms with van der Waals surface area (Å²) in [7, 11) is 0. The van der Waals surface area contributed by atoms with Crippen molar-refractivity contribution in [2.75, 3.05) is 0 Å². The lowest BCUT2D eigenvalue weighted by molar-refractivity contribution is -0.138. The van der Waals surface area contributed by atoms with Crippen molar-refractivity contribution >= 4 is 5.96 Å². The highest BCUT2D eigenvalue weighted by molar-refractivity contribution is 5.77. The number of halogens is 3. The van der Waals surface area contributed by atoms with Crippen LogP contribution in [-0.4, -0.2) is 5.96 Å². The lowest BCUT2D eigenvalue weighted by Crippen LogP contribution is -2.37. The maximum Gasteiger partial charge on any atom is 0.416 e. The fraction of sp³-hybridized carbons (Fsp3) is 0.222. The third-order valence-electron chi connectivity index (χ3n) is 1.89. The smallest absolute Gasteiger partial charge is 0.369 e. The molecule has 0 radical (unpaired) electrons. The number of nitrogens with one attached hydrogen (secondary N) is 1. The van der Waals surface area contributed by atoms with Crippen molar-refractivity contribution in [1.29, 1.82) is 0 Å². The molecule has 0 atom stereocenters. The topological polar surface area (TPSA) is 76.4 Å². The predicted octanol–water partition coefficient (Wildman–Crippen LogP) is 0.983. The monoisotopic (exact) mass is 232 g/mol. The van der Waals surface area contributed by atoms with Crippen LogP contribution in [0.2, 0.25) is 0 Å². The molecule has 0 unspecified atom stereocenters. The van der Waals surface area contributed by atoms with E-state index in [4.69, 9.17) is 11.6 Å². The largest absolute Gasteiger partial charge is 0.416 e. The second-order valence-electron chi connectivity index (χ2n) is 3.00. The molecule has 7 heteroatoms. The molecular formula is C9H11F3N4. The summed E-state index contributed by atoms with van der Waals surface area (Å²) < 4.78 is 37.6. The first-order chi connectivity index (χ1) is 7.45. The van der Waals surface area contributed by atoms with Gasteiger partial charge in [0.05, 0.1) is 12.1 Å². The number of aliphatic imine (C=N–C) groups is 1. The number of hydrazine groups is 1. The fourth-order valence-corrected chi connectivity index (χ4v) is 1.15. The maximum absolute atomic E-state index is 12.5. The zero-order chi connectivity index (χ0) is 12.2. The molecule has 88 valence electrons.